The van der Waals surface area contributed by atoms with E-state index in [1.807, 2.05) is 41.4 Å². The van der Waals surface area contributed by atoms with Crippen molar-refractivity contribution in [2.75, 3.05) is 6.54 Å². The van der Waals surface area contributed by atoms with Gasteiger partial charge in [-0.05, 0) is 42.5 Å². The molecule has 0 bridgehead atoms. The number of pyridine rings is 2. The predicted octanol–water partition coefficient (Wildman–Crippen LogP) is 3.01. The molecular formula is C22H21N3O2. The van der Waals surface area contributed by atoms with Crippen LogP contribution in [0.15, 0.2) is 47.4 Å². The number of nitrogens with zero attached hydrogens (tertiary/aromatic N) is 3. The summed E-state index contributed by atoms with van der Waals surface area (Å²) in [6.45, 7) is 1.17. The topological polar surface area (TPSA) is 55.2 Å². The summed E-state index contributed by atoms with van der Waals surface area (Å²) in [5, 5.41) is 0.915. The van der Waals surface area contributed by atoms with Crippen LogP contribution in [0.5, 0.6) is 0 Å². The van der Waals surface area contributed by atoms with E-state index < -0.39 is 0 Å². The Labute approximate surface area is 157 Å². The normalized spacial score (nSPS) is 16.4. The zero-order valence-electron chi connectivity index (χ0n) is 15.3. The summed E-state index contributed by atoms with van der Waals surface area (Å²) in [4.78, 5) is 31.9. The molecule has 0 atom stereocenters. The number of aryl methyl sites for hydroxylation is 1. The Morgan fingerprint density at radius 1 is 1.15 bits per heavy atom. The van der Waals surface area contributed by atoms with Gasteiger partial charge in [0.25, 0.3) is 11.5 Å². The molecule has 27 heavy (non-hydrogen) atoms. The van der Waals surface area contributed by atoms with Crippen molar-refractivity contribution >= 4 is 16.8 Å². The molecule has 0 N–H and O–H groups in total. The first kappa shape index (κ1) is 16.2. The molecule has 1 aromatic carbocycles. The molecule has 136 valence electrons. The fraction of sp³-hybridized carbons (Fsp3) is 0.318. The van der Waals surface area contributed by atoms with Gasteiger partial charge in [-0.2, -0.15) is 0 Å². The van der Waals surface area contributed by atoms with Gasteiger partial charge in [-0.3, -0.25) is 14.6 Å². The van der Waals surface area contributed by atoms with Gasteiger partial charge in [0.1, 0.15) is 0 Å². The van der Waals surface area contributed by atoms with Crippen LogP contribution in [0, 0.1) is 0 Å². The highest BCUT2D eigenvalue weighted by Crippen LogP contribution is 2.40. The summed E-state index contributed by atoms with van der Waals surface area (Å²) < 4.78 is 1.58. The number of hydrogen-bond acceptors (Lipinski definition) is 3. The number of para-hydroxylation sites is 1. The van der Waals surface area contributed by atoms with E-state index in [-0.39, 0.29) is 11.5 Å². The van der Waals surface area contributed by atoms with Crippen molar-refractivity contribution < 1.29 is 4.79 Å². The van der Waals surface area contributed by atoms with Crippen molar-refractivity contribution in [1.82, 2.24) is 14.5 Å². The van der Waals surface area contributed by atoms with Gasteiger partial charge in [-0.15, -0.1) is 0 Å². The van der Waals surface area contributed by atoms with E-state index in [9.17, 15) is 9.59 Å². The summed E-state index contributed by atoms with van der Waals surface area (Å²) in [6, 6.07) is 11.6. The first-order valence-electron chi connectivity index (χ1n) is 9.47. The van der Waals surface area contributed by atoms with Gasteiger partial charge in [-0.25, -0.2) is 0 Å². The molecule has 0 unspecified atom stereocenters. The average Bonchev–Trinajstić information content (AvgIpc) is 3.52. The molecule has 0 radical (unpaired) electrons. The summed E-state index contributed by atoms with van der Waals surface area (Å²) in [7, 11) is 1.75. The minimum Gasteiger partial charge on any atom is -0.334 e. The number of benzene rings is 1. The Kier molecular flexibility index (Phi) is 3.64. The average molecular weight is 359 g/mol. The largest absolute Gasteiger partial charge is 0.334 e. The van der Waals surface area contributed by atoms with Gasteiger partial charge in [0.05, 0.1) is 11.1 Å². The molecule has 1 amide bonds. The lowest BCUT2D eigenvalue weighted by molar-refractivity contribution is 0.0736. The zero-order chi connectivity index (χ0) is 18.5. The fourth-order valence-electron chi connectivity index (χ4n) is 3.94. The van der Waals surface area contributed by atoms with E-state index >= 15 is 0 Å². The van der Waals surface area contributed by atoms with Crippen LogP contribution in [0.25, 0.3) is 10.9 Å². The third kappa shape index (κ3) is 2.83. The van der Waals surface area contributed by atoms with E-state index in [1.54, 1.807) is 17.7 Å². The van der Waals surface area contributed by atoms with E-state index in [0.717, 1.165) is 52.5 Å². The maximum absolute atomic E-state index is 13.4. The van der Waals surface area contributed by atoms with E-state index in [2.05, 4.69) is 0 Å². The fourth-order valence-corrected chi connectivity index (χ4v) is 3.94. The van der Waals surface area contributed by atoms with E-state index in [1.165, 1.54) is 0 Å². The number of rotatable bonds is 2. The molecule has 2 aliphatic rings. The van der Waals surface area contributed by atoms with Gasteiger partial charge in [0, 0.05) is 49.4 Å². The highest BCUT2D eigenvalue weighted by Gasteiger charge is 2.29. The minimum absolute atomic E-state index is 0.00253. The van der Waals surface area contributed by atoms with Crippen molar-refractivity contribution in [1.29, 1.82) is 0 Å². The second-order valence-electron chi connectivity index (χ2n) is 7.64. The number of amides is 1. The van der Waals surface area contributed by atoms with Gasteiger partial charge < -0.3 is 9.47 Å². The highest BCUT2D eigenvalue weighted by molar-refractivity contribution is 6.06. The Morgan fingerprint density at radius 2 is 1.96 bits per heavy atom. The second kappa shape index (κ2) is 6.05. The summed E-state index contributed by atoms with van der Waals surface area (Å²) in [6.07, 6.45) is 4.89. The zero-order valence-corrected chi connectivity index (χ0v) is 15.3. The van der Waals surface area contributed by atoms with Crippen molar-refractivity contribution in [2.45, 2.75) is 31.7 Å². The molecule has 1 aliphatic carbocycles. The standard InChI is InChI=1S/C22H21N3O2/c1-24-12-16-13-25(9-8-15(16)10-21(24)26)22(27)18-11-20(14-6-7-14)23-19-5-3-2-4-17(18)19/h2-5,10-12,14H,6-9,13H2,1H3. The van der Waals surface area contributed by atoms with Crippen molar-refractivity contribution in [2.24, 2.45) is 7.05 Å². The van der Waals surface area contributed by atoms with Crippen LogP contribution in [0.4, 0.5) is 0 Å². The van der Waals surface area contributed by atoms with Crippen LogP contribution in [0.3, 0.4) is 0 Å². The number of carbonyl (C=O) groups is 1. The lowest BCUT2D eigenvalue weighted by Gasteiger charge is -2.29. The molecule has 0 spiro atoms. The molecule has 1 fully saturated rings. The third-order valence-electron chi connectivity index (χ3n) is 5.67. The Morgan fingerprint density at radius 3 is 2.78 bits per heavy atom. The summed E-state index contributed by atoms with van der Waals surface area (Å²) in [5.41, 5.74) is 4.79. The molecular weight excluding hydrogens is 338 g/mol. The number of hydrogen-bond donors (Lipinski definition) is 0. The third-order valence-corrected chi connectivity index (χ3v) is 5.67. The van der Waals surface area contributed by atoms with Crippen molar-refractivity contribution in [3.63, 3.8) is 0 Å². The molecule has 0 saturated heterocycles. The Balaban J connectivity index is 1.54. The molecule has 5 rings (SSSR count). The van der Waals surface area contributed by atoms with Gasteiger partial charge >= 0.3 is 0 Å². The minimum atomic E-state index is 0.00253. The number of fused-ring (bicyclic) bond motifs is 2. The number of carbonyl (C=O) groups excluding carboxylic acids is 1. The molecule has 5 heteroatoms. The molecule has 2 aromatic heterocycles. The predicted molar refractivity (Wildman–Crippen MR) is 104 cm³/mol. The quantitative estimate of drug-likeness (QED) is 0.707. The van der Waals surface area contributed by atoms with Crippen LogP contribution >= 0.6 is 0 Å². The molecule has 3 heterocycles. The highest BCUT2D eigenvalue weighted by atomic mass is 16.2. The monoisotopic (exact) mass is 359 g/mol. The van der Waals surface area contributed by atoms with Crippen LogP contribution < -0.4 is 5.56 Å². The van der Waals surface area contributed by atoms with Gasteiger partial charge in [0.2, 0.25) is 0 Å². The SMILES string of the molecule is Cn1cc2c(cc1=O)CCN(C(=O)c1cc(C3CC3)nc3ccccc13)C2. The molecule has 3 aromatic rings. The van der Waals surface area contributed by atoms with E-state index in [0.29, 0.717) is 19.0 Å². The maximum atomic E-state index is 13.4. The van der Waals surface area contributed by atoms with Crippen molar-refractivity contribution in [3.8, 4) is 0 Å². The van der Waals surface area contributed by atoms with Crippen LogP contribution in [0.1, 0.15) is 45.9 Å². The van der Waals surface area contributed by atoms with Crippen molar-refractivity contribution in [3.05, 3.63) is 75.3 Å². The molecule has 1 aliphatic heterocycles. The lowest BCUT2D eigenvalue weighted by atomic mass is 9.99. The van der Waals surface area contributed by atoms with E-state index in [4.69, 9.17) is 4.98 Å². The summed E-state index contributed by atoms with van der Waals surface area (Å²) >= 11 is 0. The molecule has 5 nitrogen and oxygen atoms in total. The molecule has 1 saturated carbocycles. The van der Waals surface area contributed by atoms with Gasteiger partial charge in [-0.1, -0.05) is 18.2 Å². The Hall–Kier alpha value is -2.95. The lowest BCUT2D eigenvalue weighted by Crippen LogP contribution is -2.37. The number of aromatic nitrogens is 2. The first-order valence-corrected chi connectivity index (χ1v) is 9.47. The van der Waals surface area contributed by atoms with Crippen LogP contribution in [0.2, 0.25) is 0 Å². The van der Waals surface area contributed by atoms with Gasteiger partial charge in [0.15, 0.2) is 0 Å². The summed E-state index contributed by atoms with van der Waals surface area (Å²) in [5.74, 6) is 0.549. The second-order valence-corrected chi connectivity index (χ2v) is 7.64. The van der Waals surface area contributed by atoms with Crippen LogP contribution in [-0.4, -0.2) is 26.9 Å². The smallest absolute Gasteiger partial charge is 0.254 e. The van der Waals surface area contributed by atoms with Crippen LogP contribution in [-0.2, 0) is 20.0 Å². The Bertz CT molecular complexity index is 1130. The first-order chi connectivity index (χ1) is 13.1. The maximum Gasteiger partial charge on any atom is 0.254 e.